The van der Waals surface area contributed by atoms with Gasteiger partial charge in [-0.1, -0.05) is 24.3 Å². The lowest BCUT2D eigenvalue weighted by Gasteiger charge is -2.20. The lowest BCUT2D eigenvalue weighted by atomic mass is 10.2. The van der Waals surface area contributed by atoms with Crippen LogP contribution >= 0.6 is 0 Å². The van der Waals surface area contributed by atoms with Gasteiger partial charge in [-0.05, 0) is 37.3 Å². The van der Waals surface area contributed by atoms with Gasteiger partial charge in [-0.2, -0.15) is 0 Å². The highest BCUT2D eigenvalue weighted by Crippen LogP contribution is 2.21. The van der Waals surface area contributed by atoms with E-state index in [9.17, 15) is 9.59 Å². The molecule has 3 rings (SSSR count). The number of carbonyl (C=O) groups is 2. The van der Waals surface area contributed by atoms with E-state index in [0.717, 1.165) is 5.69 Å². The van der Waals surface area contributed by atoms with Crippen molar-refractivity contribution in [1.82, 2.24) is 9.97 Å². The highest BCUT2D eigenvalue weighted by molar-refractivity contribution is 6.04. The molecule has 2 N–H and O–H groups in total. The minimum atomic E-state index is -0.325. The van der Waals surface area contributed by atoms with Crippen LogP contribution in [0, 0.1) is 0 Å². The van der Waals surface area contributed by atoms with Crippen molar-refractivity contribution >= 4 is 34.8 Å². The highest BCUT2D eigenvalue weighted by atomic mass is 16.2. The Morgan fingerprint density at radius 1 is 0.929 bits per heavy atom. The molecule has 1 aromatic heterocycles. The van der Waals surface area contributed by atoms with Gasteiger partial charge in [-0.3, -0.25) is 9.59 Å². The lowest BCUT2D eigenvalue weighted by molar-refractivity contribution is -0.114. The summed E-state index contributed by atoms with van der Waals surface area (Å²) < 4.78 is 0. The molecule has 0 spiro atoms. The lowest BCUT2D eigenvalue weighted by Crippen LogP contribution is -2.20. The fraction of sp³-hybridized carbons (Fsp3) is 0.143. The van der Waals surface area contributed by atoms with E-state index in [4.69, 9.17) is 0 Å². The molecule has 2 amide bonds. The second-order valence-corrected chi connectivity index (χ2v) is 6.07. The van der Waals surface area contributed by atoms with E-state index in [1.807, 2.05) is 42.2 Å². The first kappa shape index (κ1) is 19.0. The molecular weight excluding hydrogens is 354 g/mol. The monoisotopic (exact) mass is 375 g/mol. The molecule has 0 bridgehead atoms. The van der Waals surface area contributed by atoms with Crippen LogP contribution < -0.4 is 15.5 Å². The number of rotatable bonds is 6. The average molecular weight is 375 g/mol. The molecule has 0 radical (unpaired) electrons. The predicted octanol–water partition coefficient (Wildman–Crippen LogP) is 3.85. The molecule has 142 valence electrons. The van der Waals surface area contributed by atoms with E-state index in [0.29, 0.717) is 29.4 Å². The van der Waals surface area contributed by atoms with Crippen LogP contribution in [0.25, 0.3) is 0 Å². The molecule has 28 heavy (non-hydrogen) atoms. The van der Waals surface area contributed by atoms with Crippen molar-refractivity contribution in [1.29, 1.82) is 0 Å². The van der Waals surface area contributed by atoms with Crippen LogP contribution in [0.2, 0.25) is 0 Å². The number of para-hydroxylation sites is 1. The summed E-state index contributed by atoms with van der Waals surface area (Å²) in [5, 5.41) is 5.46. The second kappa shape index (κ2) is 8.77. The van der Waals surface area contributed by atoms with Crippen LogP contribution in [0.15, 0.2) is 67.0 Å². The van der Waals surface area contributed by atoms with Gasteiger partial charge in [0.2, 0.25) is 11.9 Å². The molecule has 1 heterocycles. The van der Waals surface area contributed by atoms with Gasteiger partial charge in [0.1, 0.15) is 0 Å². The Kier molecular flexibility index (Phi) is 5.96. The maximum Gasteiger partial charge on any atom is 0.258 e. The molecule has 3 aromatic rings. The SMILES string of the molecule is CCN(c1ccccc1)c1ncc(C(=O)Nc2cccc(NC(C)=O)c2)cn1. The summed E-state index contributed by atoms with van der Waals surface area (Å²) in [6.07, 6.45) is 3.00. The highest BCUT2D eigenvalue weighted by Gasteiger charge is 2.12. The van der Waals surface area contributed by atoms with Crippen LogP contribution in [0.1, 0.15) is 24.2 Å². The van der Waals surface area contributed by atoms with Gasteiger partial charge < -0.3 is 15.5 Å². The average Bonchev–Trinajstić information content (AvgIpc) is 2.70. The molecule has 0 aliphatic carbocycles. The van der Waals surface area contributed by atoms with Crippen LogP contribution in [-0.4, -0.2) is 28.3 Å². The molecule has 0 aliphatic heterocycles. The van der Waals surface area contributed by atoms with E-state index in [-0.39, 0.29) is 11.8 Å². The van der Waals surface area contributed by atoms with Gasteiger partial charge >= 0.3 is 0 Å². The summed E-state index contributed by atoms with van der Waals surface area (Å²) in [6.45, 7) is 4.14. The quantitative estimate of drug-likeness (QED) is 0.683. The van der Waals surface area contributed by atoms with Gasteiger partial charge in [-0.15, -0.1) is 0 Å². The number of nitrogens with zero attached hydrogens (tertiary/aromatic N) is 3. The molecule has 0 saturated heterocycles. The smallest absolute Gasteiger partial charge is 0.258 e. The molecule has 0 unspecified atom stereocenters. The summed E-state index contributed by atoms with van der Waals surface area (Å²) in [5.74, 6) is 0.0264. The maximum atomic E-state index is 12.5. The van der Waals surface area contributed by atoms with Crippen molar-refractivity contribution in [2.75, 3.05) is 22.1 Å². The van der Waals surface area contributed by atoms with Crippen molar-refractivity contribution in [3.63, 3.8) is 0 Å². The standard InChI is InChI=1S/C21H21N5O2/c1-3-26(19-10-5-4-6-11-19)21-22-13-16(14-23-21)20(28)25-18-9-7-8-17(12-18)24-15(2)27/h4-14H,3H2,1-2H3,(H,24,27)(H,25,28). The largest absolute Gasteiger partial charge is 0.326 e. The van der Waals surface area contributed by atoms with E-state index >= 15 is 0 Å². The Labute approximate surface area is 163 Å². The zero-order valence-corrected chi connectivity index (χ0v) is 15.7. The van der Waals surface area contributed by atoms with E-state index in [2.05, 4.69) is 20.6 Å². The minimum absolute atomic E-state index is 0.175. The molecule has 0 saturated carbocycles. The van der Waals surface area contributed by atoms with Crippen molar-refractivity contribution in [3.05, 3.63) is 72.6 Å². The number of hydrogen-bond acceptors (Lipinski definition) is 5. The summed E-state index contributed by atoms with van der Waals surface area (Å²) in [4.78, 5) is 34.3. The van der Waals surface area contributed by atoms with Gasteiger partial charge in [0.25, 0.3) is 5.91 Å². The van der Waals surface area contributed by atoms with Gasteiger partial charge in [0.05, 0.1) is 5.56 Å². The fourth-order valence-corrected chi connectivity index (χ4v) is 2.71. The van der Waals surface area contributed by atoms with Crippen LogP contribution in [0.4, 0.5) is 23.0 Å². The van der Waals surface area contributed by atoms with Gasteiger partial charge in [0.15, 0.2) is 0 Å². The van der Waals surface area contributed by atoms with Crippen molar-refractivity contribution in [2.45, 2.75) is 13.8 Å². The number of nitrogens with one attached hydrogen (secondary N) is 2. The summed E-state index contributed by atoms with van der Waals surface area (Å²) >= 11 is 0. The topological polar surface area (TPSA) is 87.2 Å². The Balaban J connectivity index is 1.72. The predicted molar refractivity (Wildman–Crippen MR) is 110 cm³/mol. The third-order valence-electron chi connectivity index (χ3n) is 3.97. The van der Waals surface area contributed by atoms with Crippen LogP contribution in [0.5, 0.6) is 0 Å². The normalized spacial score (nSPS) is 10.2. The van der Waals surface area contributed by atoms with Gasteiger partial charge in [0, 0.05) is 42.9 Å². The Morgan fingerprint density at radius 2 is 1.57 bits per heavy atom. The summed E-state index contributed by atoms with van der Waals surface area (Å²) in [5.41, 5.74) is 2.51. The Bertz CT molecular complexity index is 958. The number of benzene rings is 2. The zero-order chi connectivity index (χ0) is 19.9. The zero-order valence-electron chi connectivity index (χ0n) is 15.7. The Morgan fingerprint density at radius 3 is 2.18 bits per heavy atom. The minimum Gasteiger partial charge on any atom is -0.326 e. The van der Waals surface area contributed by atoms with Crippen LogP contribution in [-0.2, 0) is 4.79 Å². The van der Waals surface area contributed by atoms with E-state index < -0.39 is 0 Å². The number of amides is 2. The van der Waals surface area contributed by atoms with Crippen molar-refractivity contribution in [2.24, 2.45) is 0 Å². The molecule has 0 fully saturated rings. The molecule has 2 aromatic carbocycles. The number of aromatic nitrogens is 2. The first-order valence-electron chi connectivity index (χ1n) is 8.90. The van der Waals surface area contributed by atoms with Crippen molar-refractivity contribution in [3.8, 4) is 0 Å². The molecule has 0 atom stereocenters. The number of hydrogen-bond donors (Lipinski definition) is 2. The van der Waals surface area contributed by atoms with E-state index in [1.54, 1.807) is 24.3 Å². The summed E-state index contributed by atoms with van der Waals surface area (Å²) in [6, 6.07) is 16.7. The second-order valence-electron chi connectivity index (χ2n) is 6.07. The molecular formula is C21H21N5O2. The third kappa shape index (κ3) is 4.70. The number of anilines is 4. The molecule has 0 aliphatic rings. The third-order valence-corrected chi connectivity index (χ3v) is 3.97. The first-order chi connectivity index (χ1) is 13.6. The van der Waals surface area contributed by atoms with Gasteiger partial charge in [-0.25, -0.2) is 9.97 Å². The first-order valence-corrected chi connectivity index (χ1v) is 8.90. The molecule has 7 nitrogen and oxygen atoms in total. The summed E-state index contributed by atoms with van der Waals surface area (Å²) in [7, 11) is 0. The molecule has 7 heteroatoms. The van der Waals surface area contributed by atoms with Crippen LogP contribution in [0.3, 0.4) is 0 Å². The fourth-order valence-electron chi connectivity index (χ4n) is 2.71. The van der Waals surface area contributed by atoms with Crippen molar-refractivity contribution < 1.29 is 9.59 Å². The Hall–Kier alpha value is -3.74. The van der Waals surface area contributed by atoms with E-state index in [1.165, 1.54) is 19.3 Å². The number of carbonyl (C=O) groups excluding carboxylic acids is 2. The maximum absolute atomic E-state index is 12.5.